The highest BCUT2D eigenvalue weighted by molar-refractivity contribution is 5.91. The quantitative estimate of drug-likeness (QED) is 0.121. The van der Waals surface area contributed by atoms with Crippen LogP contribution in [0, 0.1) is 0 Å². The Bertz CT molecular complexity index is 1370. The summed E-state index contributed by atoms with van der Waals surface area (Å²) in [6.45, 7) is 10.1. The maximum atomic E-state index is 14.9. The lowest BCUT2D eigenvalue weighted by molar-refractivity contribution is -0.155. The van der Waals surface area contributed by atoms with E-state index in [0.717, 1.165) is 22.3 Å². The molecule has 236 valence electrons. The van der Waals surface area contributed by atoms with E-state index < -0.39 is 16.9 Å². The van der Waals surface area contributed by atoms with Crippen LogP contribution in [0.2, 0.25) is 0 Å². The van der Waals surface area contributed by atoms with E-state index in [-0.39, 0.29) is 18.4 Å². The molecule has 0 aromatic heterocycles. The molecule has 0 aliphatic carbocycles. The smallest absolute Gasteiger partial charge is 0.322 e. The Labute approximate surface area is 269 Å². The van der Waals surface area contributed by atoms with Gasteiger partial charge in [0, 0.05) is 6.04 Å². The highest BCUT2D eigenvalue weighted by Crippen LogP contribution is 2.47. The highest BCUT2D eigenvalue weighted by atomic mass is 16.5. The monoisotopic (exact) mass is 605 g/mol. The van der Waals surface area contributed by atoms with Crippen LogP contribution in [0.15, 0.2) is 121 Å². The van der Waals surface area contributed by atoms with Crippen LogP contribution in [-0.2, 0) is 29.9 Å². The summed E-state index contributed by atoms with van der Waals surface area (Å²) in [6.07, 6.45) is 1.67. The second kappa shape index (κ2) is 16.2. The molecule has 1 atom stereocenters. The molecule has 0 heterocycles. The summed E-state index contributed by atoms with van der Waals surface area (Å²) in [5, 5.41) is 0. The minimum Gasteiger partial charge on any atom is -0.465 e. The lowest BCUT2D eigenvalue weighted by Crippen LogP contribution is -2.59. The van der Waals surface area contributed by atoms with Crippen molar-refractivity contribution in [1.82, 2.24) is 4.90 Å². The molecule has 0 radical (unpaired) electrons. The van der Waals surface area contributed by atoms with Gasteiger partial charge in [-0.1, -0.05) is 149 Å². The zero-order valence-corrected chi connectivity index (χ0v) is 27.2. The number of ether oxygens (including phenoxy) is 2. The molecule has 45 heavy (non-hydrogen) atoms. The van der Waals surface area contributed by atoms with Crippen molar-refractivity contribution >= 4 is 11.9 Å². The first kappa shape index (κ1) is 33.7. The van der Waals surface area contributed by atoms with Crippen molar-refractivity contribution < 1.29 is 19.1 Å². The summed E-state index contributed by atoms with van der Waals surface area (Å²) in [5.41, 5.74) is 0.823. The van der Waals surface area contributed by atoms with Crippen LogP contribution in [0.25, 0.3) is 0 Å². The largest absolute Gasteiger partial charge is 0.465 e. The number of esters is 2. The van der Waals surface area contributed by atoms with Crippen LogP contribution in [0.5, 0.6) is 0 Å². The van der Waals surface area contributed by atoms with Crippen molar-refractivity contribution in [2.24, 2.45) is 0 Å². The Morgan fingerprint density at radius 3 is 1.27 bits per heavy atom. The van der Waals surface area contributed by atoms with Crippen molar-refractivity contribution in [2.45, 2.75) is 63.8 Å². The van der Waals surface area contributed by atoms with E-state index in [9.17, 15) is 9.59 Å². The van der Waals surface area contributed by atoms with Gasteiger partial charge in [-0.3, -0.25) is 14.5 Å². The molecule has 4 aromatic carbocycles. The number of carbonyl (C=O) groups excluding carboxylic acids is 2. The fourth-order valence-corrected chi connectivity index (χ4v) is 6.63. The van der Waals surface area contributed by atoms with Gasteiger partial charge in [-0.05, 0) is 54.6 Å². The Morgan fingerprint density at radius 1 is 0.556 bits per heavy atom. The molecule has 0 spiro atoms. The van der Waals surface area contributed by atoms with Gasteiger partial charge in [0.15, 0.2) is 0 Å². The van der Waals surface area contributed by atoms with E-state index in [2.05, 4.69) is 18.7 Å². The molecule has 0 fully saturated rings. The number of carbonyl (C=O) groups is 2. The maximum Gasteiger partial charge on any atom is 0.322 e. The average Bonchev–Trinajstić information content (AvgIpc) is 3.10. The molecule has 0 saturated carbocycles. The fraction of sp³-hybridized carbons (Fsp3) is 0.350. The number of benzene rings is 4. The molecule has 5 nitrogen and oxygen atoms in total. The minimum absolute atomic E-state index is 0.274. The normalized spacial score (nSPS) is 12.5. The summed E-state index contributed by atoms with van der Waals surface area (Å²) < 4.78 is 12.2. The summed E-state index contributed by atoms with van der Waals surface area (Å²) in [4.78, 5) is 32.0. The topological polar surface area (TPSA) is 55.8 Å². The molecule has 4 aromatic rings. The van der Waals surface area contributed by atoms with Crippen molar-refractivity contribution in [2.75, 3.05) is 26.3 Å². The summed E-state index contributed by atoms with van der Waals surface area (Å²) >= 11 is 0. The summed E-state index contributed by atoms with van der Waals surface area (Å²) in [5.74, 6) is -0.647. The van der Waals surface area contributed by atoms with Gasteiger partial charge in [0.2, 0.25) is 0 Å². The van der Waals surface area contributed by atoms with Crippen LogP contribution >= 0.6 is 0 Å². The molecule has 0 aliphatic heterocycles. The maximum absolute atomic E-state index is 14.9. The molecular formula is C40H47NO4. The zero-order chi connectivity index (χ0) is 32.1. The first-order chi connectivity index (χ1) is 22.0. The number of rotatable bonds is 16. The fourth-order valence-electron chi connectivity index (χ4n) is 6.63. The van der Waals surface area contributed by atoms with E-state index in [1.807, 2.05) is 135 Å². The Balaban J connectivity index is 2.14. The van der Waals surface area contributed by atoms with E-state index in [0.29, 0.717) is 39.1 Å². The first-order valence-electron chi connectivity index (χ1n) is 16.3. The molecule has 0 bridgehead atoms. The van der Waals surface area contributed by atoms with Crippen LogP contribution in [0.1, 0.15) is 69.2 Å². The molecule has 4 rings (SSSR count). The minimum atomic E-state index is -1.26. The molecule has 0 saturated heterocycles. The highest BCUT2D eigenvalue weighted by Gasteiger charge is 2.57. The van der Waals surface area contributed by atoms with Gasteiger partial charge in [-0.2, -0.15) is 0 Å². The lowest BCUT2D eigenvalue weighted by atomic mass is 9.61. The van der Waals surface area contributed by atoms with Crippen LogP contribution in [-0.4, -0.2) is 49.2 Å². The molecule has 0 aliphatic rings. The third-order valence-corrected chi connectivity index (χ3v) is 8.79. The molecule has 0 N–H and O–H groups in total. The first-order valence-corrected chi connectivity index (χ1v) is 16.3. The SMILES string of the molecule is CCCOC(=O)C(CC(N(CC)CC)C(C(=O)OCCC)(c1ccccc1)c1ccccc1)(c1ccccc1)c1ccccc1. The van der Waals surface area contributed by atoms with Gasteiger partial charge in [-0.15, -0.1) is 0 Å². The zero-order valence-electron chi connectivity index (χ0n) is 27.2. The average molecular weight is 606 g/mol. The standard InChI is InChI=1S/C40H47NO4/c1-5-29-44-37(42)39(32-21-13-9-14-22-32,33-23-15-10-16-24-33)31-36(41(7-3)8-4)40(38(43)45-30-6-2,34-25-17-11-18-26-34)35-27-19-12-20-28-35/h9-28,36H,5-8,29-31H2,1-4H3. The number of nitrogens with zero attached hydrogens (tertiary/aromatic N) is 1. The van der Waals surface area contributed by atoms with Crippen molar-refractivity contribution in [3.05, 3.63) is 144 Å². The van der Waals surface area contributed by atoms with Gasteiger partial charge in [0.05, 0.1) is 13.2 Å². The second-order valence-electron chi connectivity index (χ2n) is 11.4. The van der Waals surface area contributed by atoms with E-state index in [4.69, 9.17) is 9.47 Å². The van der Waals surface area contributed by atoms with Crippen molar-refractivity contribution in [1.29, 1.82) is 0 Å². The van der Waals surface area contributed by atoms with Gasteiger partial charge < -0.3 is 9.47 Å². The van der Waals surface area contributed by atoms with Crippen molar-refractivity contribution in [3.8, 4) is 0 Å². The molecule has 1 unspecified atom stereocenters. The molecule has 0 amide bonds. The van der Waals surface area contributed by atoms with Crippen molar-refractivity contribution in [3.63, 3.8) is 0 Å². The summed E-state index contributed by atoms with van der Waals surface area (Å²) in [7, 11) is 0. The van der Waals surface area contributed by atoms with Gasteiger partial charge >= 0.3 is 11.9 Å². The van der Waals surface area contributed by atoms with Gasteiger partial charge in [0.25, 0.3) is 0 Å². The Morgan fingerprint density at radius 2 is 0.911 bits per heavy atom. The number of hydrogen-bond donors (Lipinski definition) is 0. The Hall–Kier alpha value is -4.22. The third-order valence-electron chi connectivity index (χ3n) is 8.79. The van der Waals surface area contributed by atoms with Crippen LogP contribution < -0.4 is 0 Å². The van der Waals surface area contributed by atoms with Gasteiger partial charge in [0.1, 0.15) is 10.8 Å². The van der Waals surface area contributed by atoms with Gasteiger partial charge in [-0.25, -0.2) is 0 Å². The predicted molar refractivity (Wildman–Crippen MR) is 181 cm³/mol. The van der Waals surface area contributed by atoms with E-state index >= 15 is 0 Å². The van der Waals surface area contributed by atoms with E-state index in [1.54, 1.807) is 0 Å². The number of hydrogen-bond acceptors (Lipinski definition) is 5. The van der Waals surface area contributed by atoms with Crippen LogP contribution in [0.3, 0.4) is 0 Å². The lowest BCUT2D eigenvalue weighted by Gasteiger charge is -2.48. The van der Waals surface area contributed by atoms with E-state index in [1.165, 1.54) is 0 Å². The van der Waals surface area contributed by atoms with Crippen LogP contribution in [0.4, 0.5) is 0 Å². The molecule has 5 heteroatoms. The Kier molecular flexibility index (Phi) is 12.1. The predicted octanol–water partition coefficient (Wildman–Crippen LogP) is 7.97. The molecular weight excluding hydrogens is 558 g/mol. The third kappa shape index (κ3) is 6.89. The number of likely N-dealkylation sites (N-methyl/N-ethyl adjacent to an activating group) is 1. The second-order valence-corrected chi connectivity index (χ2v) is 11.4. The summed E-state index contributed by atoms with van der Waals surface area (Å²) in [6, 6.07) is 39.1.